The number of rotatable bonds is 8. The molecule has 22 heavy (non-hydrogen) atoms. The number of amides is 1. The van der Waals surface area contributed by atoms with Gasteiger partial charge in [-0.2, -0.15) is 0 Å². The summed E-state index contributed by atoms with van der Waals surface area (Å²) in [4.78, 5) is 11.8. The maximum atomic E-state index is 11.8. The minimum Gasteiger partial charge on any atom is -0.444 e. The van der Waals surface area contributed by atoms with Gasteiger partial charge in [0.25, 0.3) is 0 Å². The van der Waals surface area contributed by atoms with Crippen molar-refractivity contribution in [1.82, 2.24) is 10.6 Å². The van der Waals surface area contributed by atoms with E-state index in [9.17, 15) is 4.79 Å². The quantitative estimate of drug-likeness (QED) is 0.705. The molecule has 1 aliphatic rings. The van der Waals surface area contributed by atoms with Crippen LogP contribution in [-0.4, -0.2) is 30.3 Å². The fourth-order valence-electron chi connectivity index (χ4n) is 3.26. The lowest BCUT2D eigenvalue weighted by atomic mass is 9.99. The van der Waals surface area contributed by atoms with Crippen LogP contribution in [0, 0.1) is 5.92 Å². The Morgan fingerprint density at radius 1 is 1.27 bits per heavy atom. The van der Waals surface area contributed by atoms with Crippen LogP contribution in [0.3, 0.4) is 0 Å². The third-order valence-corrected chi connectivity index (χ3v) is 4.43. The molecule has 1 aliphatic carbocycles. The number of unbranched alkanes of at least 4 members (excludes halogenated alkanes) is 1. The first-order valence-electron chi connectivity index (χ1n) is 9.08. The molecule has 4 nitrogen and oxygen atoms in total. The largest absolute Gasteiger partial charge is 0.444 e. The van der Waals surface area contributed by atoms with E-state index in [1.54, 1.807) is 0 Å². The minimum atomic E-state index is -0.435. The number of alkyl carbamates (subject to hydrolysis) is 1. The number of carbonyl (C=O) groups is 1. The molecule has 0 saturated heterocycles. The molecule has 0 spiro atoms. The van der Waals surface area contributed by atoms with Crippen LogP contribution in [0.4, 0.5) is 4.79 Å². The van der Waals surface area contributed by atoms with Crippen LogP contribution in [0.5, 0.6) is 0 Å². The Bertz CT molecular complexity index is 326. The van der Waals surface area contributed by atoms with Gasteiger partial charge in [-0.3, -0.25) is 0 Å². The first kappa shape index (κ1) is 19.3. The van der Waals surface area contributed by atoms with Gasteiger partial charge < -0.3 is 15.4 Å². The number of nitrogens with one attached hydrogen (secondary N) is 2. The molecule has 3 unspecified atom stereocenters. The highest BCUT2D eigenvalue weighted by Gasteiger charge is 2.27. The number of hydrogen-bond donors (Lipinski definition) is 2. The SMILES string of the molecule is CCCCC(CNC(=O)OC(C)(C)C)NC1CCCC1CC. The van der Waals surface area contributed by atoms with Crippen molar-refractivity contribution in [3.63, 3.8) is 0 Å². The highest BCUT2D eigenvalue weighted by Crippen LogP contribution is 2.28. The molecular formula is C18H36N2O2. The summed E-state index contributed by atoms with van der Waals surface area (Å²) < 4.78 is 5.33. The number of ether oxygens (including phenoxy) is 1. The minimum absolute atomic E-state index is 0.311. The molecule has 4 heteroatoms. The van der Waals surface area contributed by atoms with Crippen molar-refractivity contribution in [3.05, 3.63) is 0 Å². The Hall–Kier alpha value is -0.770. The lowest BCUT2D eigenvalue weighted by Gasteiger charge is -2.27. The lowest BCUT2D eigenvalue weighted by molar-refractivity contribution is 0.0520. The maximum absolute atomic E-state index is 11.8. The zero-order valence-corrected chi connectivity index (χ0v) is 15.2. The van der Waals surface area contributed by atoms with Crippen molar-refractivity contribution in [2.24, 2.45) is 5.92 Å². The lowest BCUT2D eigenvalue weighted by Crippen LogP contribution is -2.47. The van der Waals surface area contributed by atoms with E-state index in [-0.39, 0.29) is 6.09 Å². The summed E-state index contributed by atoms with van der Waals surface area (Å²) in [6.45, 7) is 10.8. The van der Waals surface area contributed by atoms with Gasteiger partial charge in [0.05, 0.1) is 0 Å². The summed E-state index contributed by atoms with van der Waals surface area (Å²) in [7, 11) is 0. The van der Waals surface area contributed by atoms with E-state index in [1.165, 1.54) is 38.5 Å². The highest BCUT2D eigenvalue weighted by atomic mass is 16.6. The Morgan fingerprint density at radius 2 is 2.00 bits per heavy atom. The Labute approximate surface area is 136 Å². The third-order valence-electron chi connectivity index (χ3n) is 4.43. The van der Waals surface area contributed by atoms with Gasteiger partial charge >= 0.3 is 6.09 Å². The predicted molar refractivity (Wildman–Crippen MR) is 92.1 cm³/mol. The molecule has 3 atom stereocenters. The summed E-state index contributed by atoms with van der Waals surface area (Å²) >= 11 is 0. The molecule has 1 amide bonds. The first-order valence-corrected chi connectivity index (χ1v) is 9.08. The van der Waals surface area contributed by atoms with Crippen LogP contribution in [0.2, 0.25) is 0 Å². The average molecular weight is 312 g/mol. The molecule has 0 aliphatic heterocycles. The molecule has 0 radical (unpaired) electrons. The number of carbonyl (C=O) groups excluding carboxylic acids is 1. The van der Waals surface area contributed by atoms with E-state index in [1.807, 2.05) is 20.8 Å². The second kappa shape index (κ2) is 9.39. The van der Waals surface area contributed by atoms with Crippen LogP contribution in [0.1, 0.15) is 79.6 Å². The summed E-state index contributed by atoms with van der Waals surface area (Å²) in [5, 5.41) is 6.73. The van der Waals surface area contributed by atoms with Crippen molar-refractivity contribution in [3.8, 4) is 0 Å². The number of hydrogen-bond acceptors (Lipinski definition) is 3. The molecule has 0 heterocycles. The topological polar surface area (TPSA) is 50.4 Å². The molecule has 1 rings (SSSR count). The molecule has 0 aromatic heterocycles. The van der Waals surface area contributed by atoms with Crippen LogP contribution in [-0.2, 0) is 4.74 Å². The van der Waals surface area contributed by atoms with Gasteiger partial charge in [-0.15, -0.1) is 0 Å². The van der Waals surface area contributed by atoms with E-state index in [4.69, 9.17) is 4.74 Å². The van der Waals surface area contributed by atoms with Crippen molar-refractivity contribution in [2.45, 2.75) is 97.2 Å². The summed E-state index contributed by atoms with van der Waals surface area (Å²) in [6, 6.07) is 0.969. The second-order valence-electron chi connectivity index (χ2n) is 7.59. The summed E-state index contributed by atoms with van der Waals surface area (Å²) in [5.74, 6) is 0.797. The molecule has 2 N–H and O–H groups in total. The standard InChI is InChI=1S/C18H36N2O2/c1-6-8-11-15(13-19-17(21)22-18(3,4)5)20-16-12-9-10-14(16)7-2/h14-16,20H,6-13H2,1-5H3,(H,19,21). The maximum Gasteiger partial charge on any atom is 0.407 e. The van der Waals surface area contributed by atoms with E-state index in [0.717, 1.165) is 12.3 Å². The Kier molecular flexibility index (Phi) is 8.23. The molecule has 1 saturated carbocycles. The van der Waals surface area contributed by atoms with Crippen LogP contribution in [0.15, 0.2) is 0 Å². The molecule has 0 aromatic rings. The zero-order chi connectivity index (χ0) is 16.6. The van der Waals surface area contributed by atoms with E-state index < -0.39 is 5.60 Å². The van der Waals surface area contributed by atoms with Crippen molar-refractivity contribution in [1.29, 1.82) is 0 Å². The van der Waals surface area contributed by atoms with E-state index >= 15 is 0 Å². The van der Waals surface area contributed by atoms with E-state index in [0.29, 0.717) is 18.6 Å². The van der Waals surface area contributed by atoms with Gasteiger partial charge in [0.15, 0.2) is 0 Å². The van der Waals surface area contributed by atoms with Crippen molar-refractivity contribution in [2.75, 3.05) is 6.54 Å². The Morgan fingerprint density at radius 3 is 2.59 bits per heavy atom. The monoisotopic (exact) mass is 312 g/mol. The predicted octanol–water partition coefficient (Wildman–Crippen LogP) is 4.24. The van der Waals surface area contributed by atoms with Gasteiger partial charge in [0.2, 0.25) is 0 Å². The zero-order valence-electron chi connectivity index (χ0n) is 15.2. The fraction of sp³-hybridized carbons (Fsp3) is 0.944. The molecule has 0 bridgehead atoms. The Balaban J connectivity index is 2.44. The van der Waals surface area contributed by atoms with Crippen LogP contribution in [0.25, 0.3) is 0 Å². The van der Waals surface area contributed by atoms with Gasteiger partial charge in [0.1, 0.15) is 5.60 Å². The van der Waals surface area contributed by atoms with Gasteiger partial charge in [-0.05, 0) is 46.0 Å². The molecular weight excluding hydrogens is 276 g/mol. The van der Waals surface area contributed by atoms with Crippen LogP contribution < -0.4 is 10.6 Å². The molecule has 0 aromatic carbocycles. The van der Waals surface area contributed by atoms with Gasteiger partial charge in [0, 0.05) is 18.6 Å². The normalized spacial score (nSPS) is 23.3. The molecule has 1 fully saturated rings. The smallest absolute Gasteiger partial charge is 0.407 e. The van der Waals surface area contributed by atoms with Crippen LogP contribution >= 0.6 is 0 Å². The van der Waals surface area contributed by atoms with Gasteiger partial charge in [-0.1, -0.05) is 39.5 Å². The second-order valence-corrected chi connectivity index (χ2v) is 7.59. The van der Waals surface area contributed by atoms with Crippen molar-refractivity contribution < 1.29 is 9.53 Å². The molecule has 130 valence electrons. The average Bonchev–Trinajstić information content (AvgIpc) is 2.87. The van der Waals surface area contributed by atoms with E-state index in [2.05, 4.69) is 24.5 Å². The summed E-state index contributed by atoms with van der Waals surface area (Å²) in [5.41, 5.74) is -0.435. The first-order chi connectivity index (χ1) is 10.4. The summed E-state index contributed by atoms with van der Waals surface area (Å²) in [6.07, 6.45) is 8.37. The van der Waals surface area contributed by atoms with Crippen molar-refractivity contribution >= 4 is 6.09 Å². The third kappa shape index (κ3) is 7.48. The van der Waals surface area contributed by atoms with Gasteiger partial charge in [-0.25, -0.2) is 4.79 Å². The fourth-order valence-corrected chi connectivity index (χ4v) is 3.26. The highest BCUT2D eigenvalue weighted by molar-refractivity contribution is 5.67.